The summed E-state index contributed by atoms with van der Waals surface area (Å²) in [5.41, 5.74) is 1.92. The Bertz CT molecular complexity index is 818. The molecule has 3 amide bonds. The van der Waals surface area contributed by atoms with Crippen molar-refractivity contribution in [1.29, 1.82) is 0 Å². The molecule has 1 aliphatic rings. The van der Waals surface area contributed by atoms with Crippen LogP contribution in [0.3, 0.4) is 0 Å². The SMILES string of the molecule is Cc1ccc(NC(=O)NC[C@H]2CCCN(C(=O)CCCc3nc(C)no3)C2)cc1. The molecule has 1 aliphatic heterocycles. The van der Waals surface area contributed by atoms with E-state index in [0.717, 1.165) is 30.6 Å². The number of aryl methyl sites for hydroxylation is 3. The number of hydrogen-bond acceptors (Lipinski definition) is 5. The number of carbonyl (C=O) groups is 2. The molecule has 8 nitrogen and oxygen atoms in total. The fourth-order valence-corrected chi connectivity index (χ4v) is 3.50. The molecule has 1 saturated heterocycles. The molecule has 1 aromatic carbocycles. The fraction of sp³-hybridized carbons (Fsp3) is 0.524. The van der Waals surface area contributed by atoms with Crippen LogP contribution in [0.2, 0.25) is 0 Å². The van der Waals surface area contributed by atoms with Gasteiger partial charge in [-0.15, -0.1) is 0 Å². The summed E-state index contributed by atoms with van der Waals surface area (Å²) >= 11 is 0. The Morgan fingerprint density at radius 2 is 2.03 bits per heavy atom. The van der Waals surface area contributed by atoms with Gasteiger partial charge in [0.1, 0.15) is 0 Å². The van der Waals surface area contributed by atoms with Gasteiger partial charge in [0.05, 0.1) is 0 Å². The first kappa shape index (κ1) is 20.8. The van der Waals surface area contributed by atoms with E-state index in [-0.39, 0.29) is 17.9 Å². The zero-order valence-electron chi connectivity index (χ0n) is 17.1. The summed E-state index contributed by atoms with van der Waals surface area (Å²) in [5, 5.41) is 9.52. The zero-order chi connectivity index (χ0) is 20.6. The van der Waals surface area contributed by atoms with Crippen LogP contribution < -0.4 is 10.6 Å². The van der Waals surface area contributed by atoms with E-state index in [4.69, 9.17) is 4.52 Å². The van der Waals surface area contributed by atoms with Gasteiger partial charge in [0.15, 0.2) is 5.82 Å². The molecule has 1 atom stereocenters. The molecular weight excluding hydrogens is 370 g/mol. The molecule has 0 saturated carbocycles. The molecule has 3 rings (SSSR count). The molecule has 1 fully saturated rings. The number of aromatic nitrogens is 2. The first-order valence-electron chi connectivity index (χ1n) is 10.2. The van der Waals surface area contributed by atoms with E-state index in [2.05, 4.69) is 20.8 Å². The minimum Gasteiger partial charge on any atom is -0.342 e. The van der Waals surface area contributed by atoms with Crippen molar-refractivity contribution >= 4 is 17.6 Å². The quantitative estimate of drug-likeness (QED) is 0.745. The number of urea groups is 1. The number of nitrogens with one attached hydrogen (secondary N) is 2. The number of nitrogens with zero attached hydrogens (tertiary/aromatic N) is 3. The third-order valence-electron chi connectivity index (χ3n) is 5.08. The van der Waals surface area contributed by atoms with Crippen molar-refractivity contribution in [3.8, 4) is 0 Å². The minimum absolute atomic E-state index is 0.148. The van der Waals surface area contributed by atoms with E-state index in [0.29, 0.717) is 44.1 Å². The molecule has 29 heavy (non-hydrogen) atoms. The fourth-order valence-electron chi connectivity index (χ4n) is 3.50. The van der Waals surface area contributed by atoms with Crippen molar-refractivity contribution in [1.82, 2.24) is 20.4 Å². The van der Waals surface area contributed by atoms with Crippen LogP contribution in [0, 0.1) is 19.8 Å². The summed E-state index contributed by atoms with van der Waals surface area (Å²) in [6, 6.07) is 7.46. The Balaban J connectivity index is 1.37. The van der Waals surface area contributed by atoms with Crippen LogP contribution >= 0.6 is 0 Å². The summed E-state index contributed by atoms with van der Waals surface area (Å²) in [4.78, 5) is 30.7. The van der Waals surface area contributed by atoms with E-state index in [1.54, 1.807) is 6.92 Å². The van der Waals surface area contributed by atoms with Gasteiger partial charge in [-0.2, -0.15) is 4.98 Å². The number of piperidine rings is 1. The number of anilines is 1. The molecular formula is C21H29N5O3. The maximum Gasteiger partial charge on any atom is 0.319 e. The highest BCUT2D eigenvalue weighted by Gasteiger charge is 2.23. The zero-order valence-corrected chi connectivity index (χ0v) is 17.1. The van der Waals surface area contributed by atoms with E-state index in [1.165, 1.54) is 0 Å². The van der Waals surface area contributed by atoms with E-state index in [9.17, 15) is 9.59 Å². The number of hydrogen-bond donors (Lipinski definition) is 2. The lowest BCUT2D eigenvalue weighted by molar-refractivity contribution is -0.133. The van der Waals surface area contributed by atoms with Gasteiger partial charge in [-0.3, -0.25) is 4.79 Å². The Kier molecular flexibility index (Phi) is 7.21. The van der Waals surface area contributed by atoms with Crippen LogP contribution in [-0.4, -0.2) is 46.6 Å². The monoisotopic (exact) mass is 399 g/mol. The van der Waals surface area contributed by atoms with Crippen molar-refractivity contribution in [2.24, 2.45) is 5.92 Å². The first-order valence-corrected chi connectivity index (χ1v) is 10.2. The highest BCUT2D eigenvalue weighted by atomic mass is 16.5. The van der Waals surface area contributed by atoms with Crippen LogP contribution in [0.1, 0.15) is 43.0 Å². The molecule has 0 aliphatic carbocycles. The van der Waals surface area contributed by atoms with Crippen molar-refractivity contribution in [2.75, 3.05) is 25.0 Å². The summed E-state index contributed by atoms with van der Waals surface area (Å²) < 4.78 is 5.08. The smallest absolute Gasteiger partial charge is 0.319 e. The van der Waals surface area contributed by atoms with Crippen LogP contribution in [0.5, 0.6) is 0 Å². The summed E-state index contributed by atoms with van der Waals surface area (Å²) in [6.07, 6.45) is 3.75. The van der Waals surface area contributed by atoms with Gasteiger partial charge in [0.2, 0.25) is 11.8 Å². The second-order valence-electron chi connectivity index (χ2n) is 7.64. The maximum atomic E-state index is 12.5. The number of carbonyl (C=O) groups excluding carboxylic acids is 2. The van der Waals surface area contributed by atoms with E-state index < -0.39 is 0 Å². The average Bonchev–Trinajstić information content (AvgIpc) is 3.13. The third-order valence-corrected chi connectivity index (χ3v) is 5.08. The van der Waals surface area contributed by atoms with Gasteiger partial charge in [-0.25, -0.2) is 4.79 Å². The van der Waals surface area contributed by atoms with E-state index in [1.807, 2.05) is 36.1 Å². The normalized spacial score (nSPS) is 16.5. The molecule has 2 N–H and O–H groups in total. The van der Waals surface area contributed by atoms with Crippen molar-refractivity contribution < 1.29 is 14.1 Å². The predicted octanol–water partition coefficient (Wildman–Crippen LogP) is 3.07. The Morgan fingerprint density at radius 3 is 2.76 bits per heavy atom. The molecule has 0 spiro atoms. The summed E-state index contributed by atoms with van der Waals surface area (Å²) in [5.74, 6) is 1.62. The van der Waals surface area contributed by atoms with Crippen LogP contribution in [0.15, 0.2) is 28.8 Å². The van der Waals surface area contributed by atoms with Gasteiger partial charge >= 0.3 is 6.03 Å². The van der Waals surface area contributed by atoms with Gasteiger partial charge in [0.25, 0.3) is 0 Å². The minimum atomic E-state index is -0.216. The van der Waals surface area contributed by atoms with Gasteiger partial charge in [0, 0.05) is 38.2 Å². The second-order valence-corrected chi connectivity index (χ2v) is 7.64. The third kappa shape index (κ3) is 6.58. The second kappa shape index (κ2) is 10.0. The topological polar surface area (TPSA) is 100 Å². The van der Waals surface area contributed by atoms with Gasteiger partial charge in [-0.1, -0.05) is 22.9 Å². The predicted molar refractivity (Wildman–Crippen MR) is 109 cm³/mol. The summed E-state index contributed by atoms with van der Waals surface area (Å²) in [6.45, 7) is 5.81. The highest BCUT2D eigenvalue weighted by molar-refractivity contribution is 5.89. The highest BCUT2D eigenvalue weighted by Crippen LogP contribution is 2.17. The van der Waals surface area contributed by atoms with Crippen molar-refractivity contribution in [3.05, 3.63) is 41.5 Å². The molecule has 2 heterocycles. The molecule has 0 bridgehead atoms. The first-order chi connectivity index (χ1) is 14.0. The number of benzene rings is 1. The van der Waals surface area contributed by atoms with Crippen LogP contribution in [0.4, 0.5) is 10.5 Å². The van der Waals surface area contributed by atoms with Crippen LogP contribution in [-0.2, 0) is 11.2 Å². The molecule has 0 radical (unpaired) electrons. The van der Waals surface area contributed by atoms with Crippen molar-refractivity contribution in [3.63, 3.8) is 0 Å². The largest absolute Gasteiger partial charge is 0.342 e. The number of amides is 3. The Labute approximate surface area is 171 Å². The summed E-state index contributed by atoms with van der Waals surface area (Å²) in [7, 11) is 0. The van der Waals surface area contributed by atoms with Crippen LogP contribution in [0.25, 0.3) is 0 Å². The number of likely N-dealkylation sites (tertiary alicyclic amines) is 1. The maximum absolute atomic E-state index is 12.5. The molecule has 156 valence electrons. The standard InChI is InChI=1S/C21H29N5O3/c1-15-8-10-18(11-9-15)24-21(28)22-13-17-5-4-12-26(14-17)20(27)7-3-6-19-23-16(2)25-29-19/h8-11,17H,3-7,12-14H2,1-2H3,(H2,22,24,28)/t17-/m1/s1. The molecule has 0 unspecified atom stereocenters. The lowest BCUT2D eigenvalue weighted by atomic mass is 9.97. The molecule has 8 heteroatoms. The Morgan fingerprint density at radius 1 is 1.24 bits per heavy atom. The molecule has 2 aromatic rings. The lowest BCUT2D eigenvalue weighted by Gasteiger charge is -2.33. The van der Waals surface area contributed by atoms with Gasteiger partial charge in [-0.05, 0) is 51.2 Å². The number of rotatable bonds is 7. The Hall–Kier alpha value is -2.90. The lowest BCUT2D eigenvalue weighted by Crippen LogP contribution is -2.44. The molecule has 1 aromatic heterocycles. The van der Waals surface area contributed by atoms with Gasteiger partial charge < -0.3 is 20.1 Å². The van der Waals surface area contributed by atoms with E-state index >= 15 is 0 Å². The van der Waals surface area contributed by atoms with Crippen molar-refractivity contribution in [2.45, 2.75) is 46.0 Å². The average molecular weight is 399 g/mol.